The molecule has 29 heavy (non-hydrogen) atoms. The van der Waals surface area contributed by atoms with Gasteiger partial charge in [0, 0.05) is 18.1 Å². The molecule has 2 amide bonds. The van der Waals surface area contributed by atoms with Crippen LogP contribution in [0.1, 0.15) is 31.9 Å². The molecule has 0 unspecified atom stereocenters. The highest BCUT2D eigenvalue weighted by molar-refractivity contribution is 6.30. The van der Waals surface area contributed by atoms with E-state index in [0.717, 1.165) is 11.1 Å². The van der Waals surface area contributed by atoms with E-state index in [1.54, 1.807) is 19.1 Å². The van der Waals surface area contributed by atoms with E-state index in [1.165, 1.54) is 4.90 Å². The summed E-state index contributed by atoms with van der Waals surface area (Å²) in [5.74, 6) is 0.517. The van der Waals surface area contributed by atoms with Crippen molar-refractivity contribution in [2.45, 2.75) is 40.3 Å². The van der Waals surface area contributed by atoms with Gasteiger partial charge in [-0.3, -0.25) is 9.59 Å². The minimum absolute atomic E-state index is 0.140. The molecule has 2 aromatic rings. The van der Waals surface area contributed by atoms with Crippen LogP contribution in [0.5, 0.6) is 5.75 Å². The zero-order valence-electron chi connectivity index (χ0n) is 17.4. The fraction of sp³-hybridized carbons (Fsp3) is 0.391. The van der Waals surface area contributed by atoms with Crippen molar-refractivity contribution in [3.05, 3.63) is 64.7 Å². The summed E-state index contributed by atoms with van der Waals surface area (Å²) in [6.07, 6.45) is 0. The van der Waals surface area contributed by atoms with Crippen LogP contribution < -0.4 is 10.1 Å². The molecule has 0 aliphatic rings. The first-order valence-electron chi connectivity index (χ1n) is 9.77. The normalized spacial score (nSPS) is 11.8. The van der Waals surface area contributed by atoms with E-state index in [4.69, 9.17) is 16.3 Å². The summed E-state index contributed by atoms with van der Waals surface area (Å²) in [7, 11) is 0. The summed E-state index contributed by atoms with van der Waals surface area (Å²) in [4.78, 5) is 27.1. The van der Waals surface area contributed by atoms with Crippen LogP contribution in [0.2, 0.25) is 5.02 Å². The number of carbonyl (C=O) groups excluding carboxylic acids is 2. The minimum atomic E-state index is -0.627. The summed E-state index contributed by atoms with van der Waals surface area (Å²) in [5, 5.41) is 3.52. The van der Waals surface area contributed by atoms with E-state index in [9.17, 15) is 9.59 Å². The molecule has 2 rings (SSSR count). The number of aryl methyl sites for hydroxylation is 1. The first kappa shape index (κ1) is 22.8. The third-order valence-electron chi connectivity index (χ3n) is 4.47. The Morgan fingerprint density at radius 1 is 1.10 bits per heavy atom. The predicted octanol–water partition coefficient (Wildman–Crippen LogP) is 4.22. The van der Waals surface area contributed by atoms with E-state index in [2.05, 4.69) is 5.32 Å². The van der Waals surface area contributed by atoms with Crippen LogP contribution in [0.3, 0.4) is 0 Å². The van der Waals surface area contributed by atoms with Crippen molar-refractivity contribution >= 4 is 23.4 Å². The molecule has 1 N–H and O–H groups in total. The van der Waals surface area contributed by atoms with E-state index in [-0.39, 0.29) is 18.4 Å². The first-order chi connectivity index (χ1) is 13.8. The molecule has 2 aromatic carbocycles. The van der Waals surface area contributed by atoms with Crippen molar-refractivity contribution in [1.82, 2.24) is 10.2 Å². The van der Waals surface area contributed by atoms with Crippen molar-refractivity contribution in [2.75, 3.05) is 13.2 Å². The number of carbonyl (C=O) groups is 2. The monoisotopic (exact) mass is 416 g/mol. The number of nitrogens with one attached hydrogen (secondary N) is 1. The maximum atomic E-state index is 13.0. The Morgan fingerprint density at radius 2 is 1.79 bits per heavy atom. The highest BCUT2D eigenvalue weighted by atomic mass is 35.5. The quantitative estimate of drug-likeness (QED) is 0.665. The molecule has 0 spiro atoms. The van der Waals surface area contributed by atoms with Gasteiger partial charge in [0.25, 0.3) is 5.91 Å². The molecule has 0 aliphatic carbocycles. The second-order valence-corrected chi connectivity index (χ2v) is 8.00. The van der Waals surface area contributed by atoms with Gasteiger partial charge in [-0.05, 0) is 55.2 Å². The van der Waals surface area contributed by atoms with E-state index >= 15 is 0 Å². The Bertz CT molecular complexity index is 821. The number of amides is 2. The lowest BCUT2D eigenvalue weighted by atomic mass is 10.1. The minimum Gasteiger partial charge on any atom is -0.484 e. The largest absolute Gasteiger partial charge is 0.484 e. The molecule has 156 valence electrons. The maximum absolute atomic E-state index is 13.0. The van der Waals surface area contributed by atoms with Crippen molar-refractivity contribution < 1.29 is 14.3 Å². The van der Waals surface area contributed by atoms with Crippen molar-refractivity contribution in [2.24, 2.45) is 5.92 Å². The van der Waals surface area contributed by atoms with Gasteiger partial charge in [0.15, 0.2) is 6.61 Å². The van der Waals surface area contributed by atoms with Gasteiger partial charge >= 0.3 is 0 Å². The standard InChI is InChI=1S/C23H29ClN2O3/c1-16(2)13-25-23(28)18(4)26(14-19-8-10-20(24)11-9-19)22(27)15-29-21-7-5-6-17(3)12-21/h5-12,16,18H,13-15H2,1-4H3,(H,25,28)/t18-/m0/s1. The Morgan fingerprint density at radius 3 is 2.41 bits per heavy atom. The number of nitrogens with zero attached hydrogens (tertiary/aromatic N) is 1. The topological polar surface area (TPSA) is 58.6 Å². The number of ether oxygens (including phenoxy) is 1. The summed E-state index contributed by atoms with van der Waals surface area (Å²) < 4.78 is 5.67. The SMILES string of the molecule is Cc1cccc(OCC(=O)N(Cc2ccc(Cl)cc2)[C@@H](C)C(=O)NCC(C)C)c1. The van der Waals surface area contributed by atoms with E-state index in [0.29, 0.717) is 29.8 Å². The third-order valence-corrected chi connectivity index (χ3v) is 4.72. The Labute approximate surface area is 178 Å². The number of rotatable bonds is 9. The van der Waals surface area contributed by atoms with Crippen LogP contribution in [0, 0.1) is 12.8 Å². The van der Waals surface area contributed by atoms with Gasteiger partial charge in [-0.2, -0.15) is 0 Å². The van der Waals surface area contributed by atoms with Gasteiger partial charge in [-0.15, -0.1) is 0 Å². The van der Waals surface area contributed by atoms with Crippen LogP contribution in [-0.4, -0.2) is 35.9 Å². The van der Waals surface area contributed by atoms with E-state index in [1.807, 2.05) is 57.2 Å². The van der Waals surface area contributed by atoms with Gasteiger partial charge in [0.05, 0.1) is 0 Å². The first-order valence-corrected chi connectivity index (χ1v) is 10.1. The van der Waals surface area contributed by atoms with Gasteiger partial charge in [-0.1, -0.05) is 49.7 Å². The lowest BCUT2D eigenvalue weighted by molar-refractivity contribution is -0.142. The second-order valence-electron chi connectivity index (χ2n) is 7.57. The lowest BCUT2D eigenvalue weighted by Crippen LogP contribution is -2.49. The van der Waals surface area contributed by atoms with Crippen LogP contribution >= 0.6 is 11.6 Å². The maximum Gasteiger partial charge on any atom is 0.261 e. The van der Waals surface area contributed by atoms with Gasteiger partial charge in [0.2, 0.25) is 5.91 Å². The lowest BCUT2D eigenvalue weighted by Gasteiger charge is -2.29. The zero-order chi connectivity index (χ0) is 21.4. The fourth-order valence-electron chi connectivity index (χ4n) is 2.75. The average molecular weight is 417 g/mol. The molecule has 6 heteroatoms. The van der Waals surface area contributed by atoms with Gasteiger partial charge in [0.1, 0.15) is 11.8 Å². The van der Waals surface area contributed by atoms with E-state index < -0.39 is 6.04 Å². The molecular weight excluding hydrogens is 388 g/mol. The van der Waals surface area contributed by atoms with Crippen molar-refractivity contribution in [3.8, 4) is 5.75 Å². The Hall–Kier alpha value is -2.53. The molecule has 1 atom stereocenters. The fourth-order valence-corrected chi connectivity index (χ4v) is 2.88. The van der Waals surface area contributed by atoms with Crippen LogP contribution in [0.15, 0.2) is 48.5 Å². The van der Waals surface area contributed by atoms with Crippen molar-refractivity contribution in [1.29, 1.82) is 0 Å². The zero-order valence-corrected chi connectivity index (χ0v) is 18.2. The summed E-state index contributed by atoms with van der Waals surface area (Å²) in [5.41, 5.74) is 1.94. The van der Waals surface area contributed by atoms with Gasteiger partial charge in [-0.25, -0.2) is 0 Å². The molecule has 0 radical (unpaired) electrons. The molecule has 5 nitrogen and oxygen atoms in total. The third kappa shape index (κ3) is 7.42. The highest BCUT2D eigenvalue weighted by Crippen LogP contribution is 2.16. The Balaban J connectivity index is 2.12. The molecule has 0 saturated carbocycles. The predicted molar refractivity (Wildman–Crippen MR) is 116 cm³/mol. The summed E-state index contributed by atoms with van der Waals surface area (Å²) in [6, 6.07) is 14.1. The summed E-state index contributed by atoms with van der Waals surface area (Å²) >= 11 is 5.96. The summed E-state index contributed by atoms with van der Waals surface area (Å²) in [6.45, 7) is 8.46. The van der Waals surface area contributed by atoms with Gasteiger partial charge < -0.3 is 15.0 Å². The molecule has 0 saturated heterocycles. The molecule has 0 fully saturated rings. The number of benzene rings is 2. The Kier molecular flexibility index (Phi) is 8.52. The smallest absolute Gasteiger partial charge is 0.261 e. The molecule has 0 aromatic heterocycles. The molecule has 0 aliphatic heterocycles. The molecule has 0 heterocycles. The molecule has 0 bridgehead atoms. The number of hydrogen-bond donors (Lipinski definition) is 1. The second kappa shape index (κ2) is 10.9. The van der Waals surface area contributed by atoms with Crippen molar-refractivity contribution in [3.63, 3.8) is 0 Å². The highest BCUT2D eigenvalue weighted by Gasteiger charge is 2.26. The number of halogens is 1. The average Bonchev–Trinajstić information content (AvgIpc) is 2.69. The van der Waals surface area contributed by atoms with Crippen LogP contribution in [0.25, 0.3) is 0 Å². The van der Waals surface area contributed by atoms with Crippen LogP contribution in [-0.2, 0) is 16.1 Å². The van der Waals surface area contributed by atoms with Crippen LogP contribution in [0.4, 0.5) is 0 Å². The number of hydrogen-bond acceptors (Lipinski definition) is 3. The molecular formula is C23H29ClN2O3.